The van der Waals surface area contributed by atoms with Crippen molar-refractivity contribution >= 4 is 44.5 Å². The van der Waals surface area contributed by atoms with Crippen LogP contribution in [0.5, 0.6) is 0 Å². The lowest BCUT2D eigenvalue weighted by Crippen LogP contribution is -2.37. The third-order valence-corrected chi connectivity index (χ3v) is 5.87. The normalized spacial score (nSPS) is 11.1. The van der Waals surface area contributed by atoms with Crippen molar-refractivity contribution in [1.82, 2.24) is 14.9 Å². The molecule has 0 aliphatic heterocycles. The van der Waals surface area contributed by atoms with Crippen LogP contribution in [0.1, 0.15) is 26.1 Å². The standard InChI is InChI=1S/C21H22BrN3O2S/c1-14(2)25(20(26)11-12-28-16-9-7-15(22)8-10-16)13-19-23-18-6-4-3-5-17(18)21(27)24-19/h3-10,14H,11-13H2,1-2H3,(H,23,24,27). The highest BCUT2D eigenvalue weighted by atomic mass is 79.9. The molecular formula is C21H22BrN3O2S. The molecule has 28 heavy (non-hydrogen) atoms. The molecule has 1 heterocycles. The second kappa shape index (κ2) is 9.39. The molecule has 146 valence electrons. The first kappa shape index (κ1) is 20.6. The minimum absolute atomic E-state index is 0.0157. The Morgan fingerprint density at radius 3 is 2.61 bits per heavy atom. The van der Waals surface area contributed by atoms with Gasteiger partial charge in [0, 0.05) is 27.6 Å². The van der Waals surface area contributed by atoms with E-state index in [-0.39, 0.29) is 17.5 Å². The number of aromatic amines is 1. The van der Waals surface area contributed by atoms with Crippen LogP contribution in [0.3, 0.4) is 0 Å². The van der Waals surface area contributed by atoms with Gasteiger partial charge in [-0.3, -0.25) is 9.59 Å². The average Bonchev–Trinajstić information content (AvgIpc) is 2.67. The monoisotopic (exact) mass is 459 g/mol. The molecule has 1 aromatic heterocycles. The van der Waals surface area contributed by atoms with Gasteiger partial charge >= 0.3 is 0 Å². The molecule has 0 spiro atoms. The van der Waals surface area contributed by atoms with Crippen molar-refractivity contribution in [3.8, 4) is 0 Å². The zero-order valence-electron chi connectivity index (χ0n) is 15.8. The van der Waals surface area contributed by atoms with Gasteiger partial charge in [-0.1, -0.05) is 28.1 Å². The molecule has 0 bridgehead atoms. The molecule has 0 aliphatic rings. The number of aromatic nitrogens is 2. The van der Waals surface area contributed by atoms with Gasteiger partial charge in [-0.15, -0.1) is 11.8 Å². The van der Waals surface area contributed by atoms with E-state index in [1.54, 1.807) is 22.7 Å². The fourth-order valence-electron chi connectivity index (χ4n) is 2.86. The number of fused-ring (bicyclic) bond motifs is 1. The summed E-state index contributed by atoms with van der Waals surface area (Å²) in [6, 6.07) is 15.3. The lowest BCUT2D eigenvalue weighted by molar-refractivity contribution is -0.133. The lowest BCUT2D eigenvalue weighted by Gasteiger charge is -2.26. The summed E-state index contributed by atoms with van der Waals surface area (Å²) in [7, 11) is 0. The van der Waals surface area contributed by atoms with Gasteiger partial charge in [-0.25, -0.2) is 4.98 Å². The third kappa shape index (κ3) is 5.23. The summed E-state index contributed by atoms with van der Waals surface area (Å²) in [5.41, 5.74) is 0.464. The first-order valence-electron chi connectivity index (χ1n) is 9.10. The predicted octanol–water partition coefficient (Wildman–Crippen LogP) is 4.61. The van der Waals surface area contributed by atoms with E-state index in [1.807, 2.05) is 56.3 Å². The van der Waals surface area contributed by atoms with E-state index in [9.17, 15) is 9.59 Å². The largest absolute Gasteiger partial charge is 0.333 e. The Bertz CT molecular complexity index is 1020. The Morgan fingerprint density at radius 1 is 1.18 bits per heavy atom. The van der Waals surface area contributed by atoms with E-state index in [0.29, 0.717) is 35.4 Å². The van der Waals surface area contributed by atoms with Gasteiger partial charge in [0.15, 0.2) is 0 Å². The van der Waals surface area contributed by atoms with Crippen LogP contribution in [0.2, 0.25) is 0 Å². The maximum Gasteiger partial charge on any atom is 0.258 e. The molecule has 3 aromatic rings. The summed E-state index contributed by atoms with van der Waals surface area (Å²) < 4.78 is 1.04. The number of rotatable bonds is 7. The number of hydrogen-bond donors (Lipinski definition) is 1. The number of para-hydroxylation sites is 1. The Labute approximate surface area is 176 Å². The molecule has 0 aliphatic carbocycles. The first-order chi connectivity index (χ1) is 13.4. The van der Waals surface area contributed by atoms with E-state index < -0.39 is 0 Å². The number of carbonyl (C=O) groups excluding carboxylic acids is 1. The molecule has 5 nitrogen and oxygen atoms in total. The van der Waals surface area contributed by atoms with E-state index >= 15 is 0 Å². The molecule has 1 amide bonds. The van der Waals surface area contributed by atoms with Crippen molar-refractivity contribution < 1.29 is 4.79 Å². The van der Waals surface area contributed by atoms with Crippen molar-refractivity contribution in [2.75, 3.05) is 5.75 Å². The van der Waals surface area contributed by atoms with Crippen LogP contribution in [-0.4, -0.2) is 32.6 Å². The van der Waals surface area contributed by atoms with Crippen molar-refractivity contribution in [3.63, 3.8) is 0 Å². The predicted molar refractivity (Wildman–Crippen MR) is 118 cm³/mol. The van der Waals surface area contributed by atoms with E-state index in [1.165, 1.54) is 0 Å². The van der Waals surface area contributed by atoms with Gasteiger partial charge in [0.1, 0.15) is 5.82 Å². The zero-order valence-corrected chi connectivity index (χ0v) is 18.2. The first-order valence-corrected chi connectivity index (χ1v) is 10.9. The van der Waals surface area contributed by atoms with Crippen molar-refractivity contribution in [3.05, 3.63) is 69.2 Å². The molecule has 0 saturated carbocycles. The highest BCUT2D eigenvalue weighted by molar-refractivity contribution is 9.10. The van der Waals surface area contributed by atoms with Crippen molar-refractivity contribution in [2.45, 2.75) is 37.8 Å². The van der Waals surface area contributed by atoms with Crippen LogP contribution in [-0.2, 0) is 11.3 Å². The van der Waals surface area contributed by atoms with Gasteiger partial charge in [0.25, 0.3) is 5.56 Å². The number of H-pyrrole nitrogens is 1. The molecular weight excluding hydrogens is 438 g/mol. The van der Waals surface area contributed by atoms with Crippen LogP contribution in [0.25, 0.3) is 10.9 Å². The van der Waals surface area contributed by atoms with E-state index in [4.69, 9.17) is 0 Å². The number of halogens is 1. The summed E-state index contributed by atoms with van der Waals surface area (Å²) in [5, 5.41) is 0.555. The van der Waals surface area contributed by atoms with Gasteiger partial charge in [0.05, 0.1) is 17.4 Å². The van der Waals surface area contributed by atoms with Crippen molar-refractivity contribution in [1.29, 1.82) is 0 Å². The van der Waals surface area contributed by atoms with Gasteiger partial charge < -0.3 is 9.88 Å². The van der Waals surface area contributed by atoms with E-state index in [0.717, 1.165) is 9.37 Å². The number of carbonyl (C=O) groups is 1. The summed E-state index contributed by atoms with van der Waals surface area (Å²) in [4.78, 5) is 35.3. The number of hydrogen-bond acceptors (Lipinski definition) is 4. The quantitative estimate of drug-likeness (QED) is 0.524. The lowest BCUT2D eigenvalue weighted by atomic mass is 10.2. The maximum absolute atomic E-state index is 12.8. The molecule has 3 rings (SSSR count). The minimum atomic E-state index is -0.178. The number of thioether (sulfide) groups is 1. The fraction of sp³-hybridized carbons (Fsp3) is 0.286. The number of benzene rings is 2. The molecule has 1 N–H and O–H groups in total. The number of nitrogens with one attached hydrogen (secondary N) is 1. The zero-order chi connectivity index (χ0) is 20.1. The SMILES string of the molecule is CC(C)N(Cc1nc2ccccc2c(=O)[nH]1)C(=O)CCSc1ccc(Br)cc1. The minimum Gasteiger partial charge on any atom is -0.333 e. The van der Waals surface area contributed by atoms with Crippen molar-refractivity contribution in [2.24, 2.45) is 0 Å². The third-order valence-electron chi connectivity index (χ3n) is 4.32. The smallest absolute Gasteiger partial charge is 0.258 e. The van der Waals surface area contributed by atoms with Crippen LogP contribution in [0, 0.1) is 0 Å². The van der Waals surface area contributed by atoms with Crippen LogP contribution < -0.4 is 5.56 Å². The van der Waals surface area contributed by atoms with Gasteiger partial charge in [0.2, 0.25) is 5.91 Å². The topological polar surface area (TPSA) is 66.1 Å². The number of amides is 1. The fourth-order valence-corrected chi connectivity index (χ4v) is 3.97. The highest BCUT2D eigenvalue weighted by Crippen LogP contribution is 2.22. The average molecular weight is 460 g/mol. The summed E-state index contributed by atoms with van der Waals surface area (Å²) >= 11 is 5.08. The molecule has 0 atom stereocenters. The molecule has 7 heteroatoms. The molecule has 2 aromatic carbocycles. The summed E-state index contributed by atoms with van der Waals surface area (Å²) in [6.45, 7) is 4.23. The second-order valence-corrected chi connectivity index (χ2v) is 8.78. The highest BCUT2D eigenvalue weighted by Gasteiger charge is 2.18. The second-order valence-electron chi connectivity index (χ2n) is 6.70. The summed E-state index contributed by atoms with van der Waals surface area (Å²) in [6.07, 6.45) is 0.427. The Balaban J connectivity index is 1.66. The molecule has 0 saturated heterocycles. The number of nitrogens with zero attached hydrogens (tertiary/aromatic N) is 2. The maximum atomic E-state index is 12.8. The molecule has 0 unspecified atom stereocenters. The van der Waals surface area contributed by atoms with Crippen LogP contribution in [0.15, 0.2) is 62.7 Å². The van der Waals surface area contributed by atoms with Gasteiger partial charge in [-0.2, -0.15) is 0 Å². The summed E-state index contributed by atoms with van der Waals surface area (Å²) in [5.74, 6) is 1.26. The molecule has 0 fully saturated rings. The Kier molecular flexibility index (Phi) is 6.91. The molecule has 0 radical (unpaired) electrons. The van der Waals surface area contributed by atoms with Crippen LogP contribution in [0.4, 0.5) is 0 Å². The van der Waals surface area contributed by atoms with Gasteiger partial charge in [-0.05, 0) is 50.2 Å². The Hall–Kier alpha value is -2.12. The Morgan fingerprint density at radius 2 is 1.89 bits per heavy atom. The van der Waals surface area contributed by atoms with E-state index in [2.05, 4.69) is 25.9 Å². The van der Waals surface area contributed by atoms with Crippen LogP contribution >= 0.6 is 27.7 Å².